The van der Waals surface area contributed by atoms with E-state index in [4.69, 9.17) is 10.5 Å². The van der Waals surface area contributed by atoms with Gasteiger partial charge in [0, 0.05) is 32.4 Å². The fraction of sp³-hybridized carbons (Fsp3) is 0.533. The molecular weight excluding hydrogens is 254 g/mol. The summed E-state index contributed by atoms with van der Waals surface area (Å²) in [7, 11) is 1.53. The average Bonchev–Trinajstić information content (AvgIpc) is 2.43. The number of nitrogens with one attached hydrogen (secondary N) is 1. The van der Waals surface area contributed by atoms with Crippen molar-refractivity contribution in [1.82, 2.24) is 5.32 Å². The minimum atomic E-state index is -0.603. The van der Waals surface area contributed by atoms with Crippen molar-refractivity contribution < 1.29 is 9.53 Å². The Bertz CT molecular complexity index is 423. The van der Waals surface area contributed by atoms with Gasteiger partial charge in [0.2, 0.25) is 5.91 Å². The quantitative estimate of drug-likeness (QED) is 0.742. The van der Waals surface area contributed by atoms with E-state index in [1.165, 1.54) is 18.4 Å². The third-order valence-corrected chi connectivity index (χ3v) is 3.11. The molecule has 0 saturated heterocycles. The number of carbonyl (C=O) groups excluding carboxylic acids is 1. The molecule has 0 aliphatic carbocycles. The highest BCUT2D eigenvalue weighted by molar-refractivity contribution is 5.81. The molecule has 0 saturated carbocycles. The lowest BCUT2D eigenvalue weighted by atomic mass is 10.2. The molecule has 0 radical (unpaired) electrons. The number of aryl methyl sites for hydroxylation is 1. The van der Waals surface area contributed by atoms with Crippen LogP contribution in [-0.4, -0.2) is 45.3 Å². The average molecular weight is 279 g/mol. The number of benzene rings is 1. The van der Waals surface area contributed by atoms with Gasteiger partial charge < -0.3 is 20.7 Å². The van der Waals surface area contributed by atoms with Crippen molar-refractivity contribution in [1.29, 1.82) is 0 Å². The van der Waals surface area contributed by atoms with Crippen LogP contribution in [0.25, 0.3) is 0 Å². The Hall–Kier alpha value is -1.59. The summed E-state index contributed by atoms with van der Waals surface area (Å²) in [5.41, 5.74) is 8.06. The maximum atomic E-state index is 11.7. The van der Waals surface area contributed by atoms with Crippen LogP contribution in [0.15, 0.2) is 24.3 Å². The van der Waals surface area contributed by atoms with E-state index in [9.17, 15) is 4.79 Å². The Kier molecular flexibility index (Phi) is 7.04. The van der Waals surface area contributed by atoms with Crippen molar-refractivity contribution in [3.8, 4) is 0 Å². The molecule has 1 aromatic carbocycles. The summed E-state index contributed by atoms with van der Waals surface area (Å²) in [6.07, 6.45) is 0. The zero-order valence-corrected chi connectivity index (χ0v) is 12.6. The summed E-state index contributed by atoms with van der Waals surface area (Å²) in [6.45, 7) is 6.62. The third kappa shape index (κ3) is 5.19. The van der Waals surface area contributed by atoms with E-state index < -0.39 is 6.04 Å². The van der Waals surface area contributed by atoms with Crippen LogP contribution in [0.4, 0.5) is 5.69 Å². The predicted octanol–water partition coefficient (Wildman–Crippen LogP) is 0.911. The Morgan fingerprint density at radius 3 is 2.85 bits per heavy atom. The monoisotopic (exact) mass is 279 g/mol. The lowest BCUT2D eigenvalue weighted by Gasteiger charge is -2.24. The van der Waals surface area contributed by atoms with E-state index in [2.05, 4.69) is 42.3 Å². The van der Waals surface area contributed by atoms with Gasteiger partial charge in [-0.05, 0) is 31.5 Å². The maximum Gasteiger partial charge on any atom is 0.239 e. The van der Waals surface area contributed by atoms with Gasteiger partial charge in [0.15, 0.2) is 0 Å². The first-order valence-corrected chi connectivity index (χ1v) is 6.92. The highest BCUT2D eigenvalue weighted by atomic mass is 16.5. The molecule has 112 valence electrons. The molecule has 0 heterocycles. The summed E-state index contributed by atoms with van der Waals surface area (Å²) < 4.78 is 4.86. The number of rotatable bonds is 8. The number of amides is 1. The smallest absolute Gasteiger partial charge is 0.239 e. The predicted molar refractivity (Wildman–Crippen MR) is 81.9 cm³/mol. The molecule has 0 spiro atoms. The number of hydrogen-bond acceptors (Lipinski definition) is 4. The second-order valence-corrected chi connectivity index (χ2v) is 4.77. The van der Waals surface area contributed by atoms with Crippen LogP contribution in [0.5, 0.6) is 0 Å². The van der Waals surface area contributed by atoms with Gasteiger partial charge in [0.25, 0.3) is 0 Å². The zero-order valence-electron chi connectivity index (χ0n) is 12.6. The molecule has 3 N–H and O–H groups in total. The minimum absolute atomic E-state index is 0.174. The lowest BCUT2D eigenvalue weighted by molar-refractivity contribution is -0.123. The molecule has 1 unspecified atom stereocenters. The molecule has 20 heavy (non-hydrogen) atoms. The molecular formula is C15H25N3O2. The number of anilines is 1. The van der Waals surface area contributed by atoms with Gasteiger partial charge in [-0.25, -0.2) is 0 Å². The highest BCUT2D eigenvalue weighted by Crippen LogP contribution is 2.14. The molecule has 5 nitrogen and oxygen atoms in total. The summed E-state index contributed by atoms with van der Waals surface area (Å²) in [5.74, 6) is -0.174. The number of ether oxygens (including phenoxy) is 1. The minimum Gasteiger partial charge on any atom is -0.383 e. The summed E-state index contributed by atoms with van der Waals surface area (Å²) in [5, 5.41) is 2.83. The molecule has 0 aromatic heterocycles. The standard InChI is InChI=1S/C15H25N3O2/c1-4-18(13-7-5-6-12(2)10-13)9-8-17-15(19)14(16)11-20-3/h5-7,10,14H,4,8-9,11,16H2,1-3H3,(H,17,19). The van der Waals surface area contributed by atoms with Crippen LogP contribution in [0, 0.1) is 6.92 Å². The summed E-state index contributed by atoms with van der Waals surface area (Å²) in [6, 6.07) is 7.73. The van der Waals surface area contributed by atoms with Crippen molar-refractivity contribution >= 4 is 11.6 Å². The summed E-state index contributed by atoms with van der Waals surface area (Å²) in [4.78, 5) is 13.9. The first-order valence-electron chi connectivity index (χ1n) is 6.92. The van der Waals surface area contributed by atoms with Crippen molar-refractivity contribution in [2.45, 2.75) is 19.9 Å². The van der Waals surface area contributed by atoms with Gasteiger partial charge in [0.1, 0.15) is 6.04 Å². The molecule has 1 atom stereocenters. The van der Waals surface area contributed by atoms with Gasteiger partial charge in [0.05, 0.1) is 6.61 Å². The van der Waals surface area contributed by atoms with Crippen LogP contribution in [0.2, 0.25) is 0 Å². The number of carbonyl (C=O) groups is 1. The van der Waals surface area contributed by atoms with Crippen molar-refractivity contribution in [2.24, 2.45) is 5.73 Å². The largest absolute Gasteiger partial charge is 0.383 e. The molecule has 0 aliphatic rings. The van der Waals surface area contributed by atoms with Crippen molar-refractivity contribution in [3.63, 3.8) is 0 Å². The second kappa shape index (κ2) is 8.55. The maximum absolute atomic E-state index is 11.7. The molecule has 0 bridgehead atoms. The number of likely N-dealkylation sites (N-methyl/N-ethyl adjacent to an activating group) is 1. The van der Waals surface area contributed by atoms with E-state index in [0.29, 0.717) is 6.54 Å². The topological polar surface area (TPSA) is 67.6 Å². The second-order valence-electron chi connectivity index (χ2n) is 4.77. The van der Waals surface area contributed by atoms with Crippen LogP contribution < -0.4 is 16.0 Å². The van der Waals surface area contributed by atoms with Crippen LogP contribution in [0.3, 0.4) is 0 Å². The summed E-state index contributed by atoms with van der Waals surface area (Å²) >= 11 is 0. The van der Waals surface area contributed by atoms with E-state index in [1.807, 2.05) is 6.07 Å². The van der Waals surface area contributed by atoms with Crippen LogP contribution >= 0.6 is 0 Å². The highest BCUT2D eigenvalue weighted by Gasteiger charge is 2.12. The van der Waals surface area contributed by atoms with E-state index in [1.54, 1.807) is 0 Å². The molecule has 1 aromatic rings. The van der Waals surface area contributed by atoms with E-state index in [-0.39, 0.29) is 12.5 Å². The fourth-order valence-corrected chi connectivity index (χ4v) is 1.99. The Labute approximate surface area is 121 Å². The Balaban J connectivity index is 2.44. The first kappa shape index (κ1) is 16.5. The van der Waals surface area contributed by atoms with Gasteiger partial charge in [-0.3, -0.25) is 4.79 Å². The van der Waals surface area contributed by atoms with Gasteiger partial charge in [-0.2, -0.15) is 0 Å². The Morgan fingerprint density at radius 2 is 2.25 bits per heavy atom. The van der Waals surface area contributed by atoms with Gasteiger partial charge >= 0.3 is 0 Å². The molecule has 1 amide bonds. The number of nitrogens with zero attached hydrogens (tertiary/aromatic N) is 1. The zero-order chi connectivity index (χ0) is 15.0. The number of nitrogens with two attached hydrogens (primary N) is 1. The fourth-order valence-electron chi connectivity index (χ4n) is 1.99. The molecule has 0 fully saturated rings. The number of methoxy groups -OCH3 is 1. The molecule has 0 aliphatic heterocycles. The Morgan fingerprint density at radius 1 is 1.50 bits per heavy atom. The molecule has 1 rings (SSSR count). The van der Waals surface area contributed by atoms with E-state index >= 15 is 0 Å². The van der Waals surface area contributed by atoms with Gasteiger partial charge in [-0.15, -0.1) is 0 Å². The van der Waals surface area contributed by atoms with Gasteiger partial charge in [-0.1, -0.05) is 12.1 Å². The molecule has 5 heteroatoms. The first-order chi connectivity index (χ1) is 9.58. The van der Waals surface area contributed by atoms with E-state index in [0.717, 1.165) is 13.1 Å². The number of hydrogen-bond donors (Lipinski definition) is 2. The van der Waals surface area contributed by atoms with Crippen LogP contribution in [-0.2, 0) is 9.53 Å². The van der Waals surface area contributed by atoms with Crippen molar-refractivity contribution in [2.75, 3.05) is 38.3 Å². The lowest BCUT2D eigenvalue weighted by Crippen LogP contribution is -2.45. The van der Waals surface area contributed by atoms with Crippen LogP contribution in [0.1, 0.15) is 12.5 Å². The SMILES string of the molecule is CCN(CCNC(=O)C(N)COC)c1cccc(C)c1. The van der Waals surface area contributed by atoms with Crippen molar-refractivity contribution in [3.05, 3.63) is 29.8 Å². The normalized spacial score (nSPS) is 12.0. The third-order valence-electron chi connectivity index (χ3n) is 3.11.